The fourth-order valence-corrected chi connectivity index (χ4v) is 5.42. The lowest BCUT2D eigenvalue weighted by Crippen LogP contribution is -2.38. The summed E-state index contributed by atoms with van der Waals surface area (Å²) >= 11 is 0. The molecule has 7 heteroatoms. The predicted molar refractivity (Wildman–Crippen MR) is 127 cm³/mol. The van der Waals surface area contributed by atoms with E-state index in [4.69, 9.17) is 9.84 Å². The summed E-state index contributed by atoms with van der Waals surface area (Å²) in [6.07, 6.45) is 1.71. The summed E-state index contributed by atoms with van der Waals surface area (Å²) < 4.78 is 34.5. The van der Waals surface area contributed by atoms with Crippen LogP contribution >= 0.6 is 0 Å². The Morgan fingerprint density at radius 1 is 0.970 bits per heavy atom. The van der Waals surface area contributed by atoms with Crippen molar-refractivity contribution in [2.75, 3.05) is 6.61 Å². The normalized spacial score (nSPS) is 15.3. The third-order valence-electron chi connectivity index (χ3n) is 5.56. The Morgan fingerprint density at radius 3 is 2.21 bits per heavy atom. The van der Waals surface area contributed by atoms with E-state index in [1.807, 2.05) is 66.7 Å². The number of carboxylic acid groups (broad SMARTS) is 1. The van der Waals surface area contributed by atoms with Crippen molar-refractivity contribution >= 4 is 21.6 Å². The quantitative estimate of drug-likeness (QED) is 0.527. The van der Waals surface area contributed by atoms with E-state index in [2.05, 4.69) is 4.72 Å². The van der Waals surface area contributed by atoms with Crippen LogP contribution in [0.1, 0.15) is 28.7 Å². The van der Waals surface area contributed by atoms with Gasteiger partial charge in [0, 0.05) is 11.6 Å². The molecule has 0 amide bonds. The maximum absolute atomic E-state index is 13.1. The zero-order chi connectivity index (χ0) is 23.3. The van der Waals surface area contributed by atoms with Crippen LogP contribution in [-0.2, 0) is 27.7 Å². The molecule has 3 aromatic carbocycles. The first-order chi connectivity index (χ1) is 15.9. The highest BCUT2D eigenvalue weighted by Crippen LogP contribution is 2.30. The Kier molecular flexibility index (Phi) is 6.91. The second kappa shape index (κ2) is 10.0. The van der Waals surface area contributed by atoms with E-state index in [1.54, 1.807) is 12.1 Å². The van der Waals surface area contributed by atoms with E-state index >= 15 is 0 Å². The summed E-state index contributed by atoms with van der Waals surface area (Å²) in [4.78, 5) is 10.8. The van der Waals surface area contributed by atoms with Crippen LogP contribution in [0.25, 0.3) is 5.57 Å². The van der Waals surface area contributed by atoms with Crippen molar-refractivity contribution in [3.05, 3.63) is 107 Å². The average Bonchev–Trinajstić information content (AvgIpc) is 2.82. The van der Waals surface area contributed by atoms with Crippen molar-refractivity contribution in [3.63, 3.8) is 0 Å². The molecule has 4 rings (SSSR count). The van der Waals surface area contributed by atoms with Crippen molar-refractivity contribution in [2.45, 2.75) is 25.3 Å². The van der Waals surface area contributed by atoms with Crippen LogP contribution in [-0.4, -0.2) is 32.1 Å². The molecule has 0 radical (unpaired) electrons. The first-order valence-corrected chi connectivity index (χ1v) is 12.3. The van der Waals surface area contributed by atoms with E-state index in [9.17, 15) is 13.2 Å². The lowest BCUT2D eigenvalue weighted by atomic mass is 9.88. The number of nitrogens with one attached hydrogen (secondary N) is 1. The molecule has 1 atom stereocenters. The van der Waals surface area contributed by atoms with Crippen molar-refractivity contribution in [3.8, 4) is 5.75 Å². The topological polar surface area (TPSA) is 92.7 Å². The molecule has 33 heavy (non-hydrogen) atoms. The van der Waals surface area contributed by atoms with Gasteiger partial charge >= 0.3 is 5.97 Å². The number of hydrogen-bond acceptors (Lipinski definition) is 4. The van der Waals surface area contributed by atoms with E-state index in [1.165, 1.54) is 5.41 Å². The van der Waals surface area contributed by atoms with Crippen LogP contribution in [0.2, 0.25) is 0 Å². The van der Waals surface area contributed by atoms with Gasteiger partial charge in [0.25, 0.3) is 0 Å². The summed E-state index contributed by atoms with van der Waals surface area (Å²) in [7, 11) is -3.73. The van der Waals surface area contributed by atoms with Crippen LogP contribution in [0, 0.1) is 0 Å². The van der Waals surface area contributed by atoms with E-state index in [-0.39, 0.29) is 6.04 Å². The van der Waals surface area contributed by atoms with Crippen LogP contribution in [0.15, 0.2) is 84.3 Å². The van der Waals surface area contributed by atoms with E-state index in [0.29, 0.717) is 30.6 Å². The number of hydrogen-bond donors (Lipinski definition) is 2. The van der Waals surface area contributed by atoms with E-state index < -0.39 is 22.6 Å². The Bertz CT molecular complexity index is 1210. The number of benzene rings is 3. The van der Waals surface area contributed by atoms with Crippen molar-refractivity contribution < 1.29 is 23.1 Å². The first-order valence-electron chi connectivity index (χ1n) is 10.7. The third kappa shape index (κ3) is 5.88. The highest BCUT2D eigenvalue weighted by Gasteiger charge is 2.25. The largest absolute Gasteiger partial charge is 0.482 e. The minimum Gasteiger partial charge on any atom is -0.482 e. The number of ether oxygens (including phenoxy) is 1. The predicted octanol–water partition coefficient (Wildman–Crippen LogP) is 4.02. The Morgan fingerprint density at radius 2 is 1.61 bits per heavy atom. The highest BCUT2D eigenvalue weighted by molar-refractivity contribution is 7.92. The molecule has 1 aliphatic rings. The van der Waals surface area contributed by atoms with Gasteiger partial charge in [-0.05, 0) is 47.6 Å². The van der Waals surface area contributed by atoms with E-state index in [0.717, 1.165) is 22.3 Å². The molecule has 3 aromatic rings. The molecule has 0 bridgehead atoms. The fraction of sp³-hybridized carbons (Fsp3) is 0.192. The van der Waals surface area contributed by atoms with Gasteiger partial charge in [-0.2, -0.15) is 0 Å². The number of carboxylic acids is 1. The number of fused-ring (bicyclic) bond motifs is 1. The molecule has 0 saturated carbocycles. The third-order valence-corrected chi connectivity index (χ3v) is 6.77. The fourth-order valence-electron chi connectivity index (χ4n) is 4.11. The lowest BCUT2D eigenvalue weighted by molar-refractivity contribution is -0.139. The molecular weight excluding hydrogens is 438 g/mol. The van der Waals surface area contributed by atoms with Gasteiger partial charge in [-0.1, -0.05) is 72.8 Å². The molecule has 0 aliphatic heterocycles. The molecule has 0 saturated heterocycles. The molecule has 2 N–H and O–H groups in total. The maximum atomic E-state index is 13.1. The van der Waals surface area contributed by atoms with Gasteiger partial charge in [0.15, 0.2) is 6.61 Å². The number of aliphatic carboxylic acids is 1. The molecule has 0 heterocycles. The number of rotatable bonds is 8. The van der Waals surface area contributed by atoms with Crippen molar-refractivity contribution in [1.82, 2.24) is 4.72 Å². The van der Waals surface area contributed by atoms with Gasteiger partial charge < -0.3 is 9.84 Å². The molecule has 6 nitrogen and oxygen atoms in total. The Labute approximate surface area is 193 Å². The summed E-state index contributed by atoms with van der Waals surface area (Å²) in [5.74, 6) is -0.486. The minimum absolute atomic E-state index is 0.263. The summed E-state index contributed by atoms with van der Waals surface area (Å²) in [5.41, 5.74) is 4.18. The average molecular weight is 464 g/mol. The zero-order valence-corrected chi connectivity index (χ0v) is 18.8. The van der Waals surface area contributed by atoms with Crippen molar-refractivity contribution in [2.24, 2.45) is 0 Å². The van der Waals surface area contributed by atoms with Gasteiger partial charge in [-0.3, -0.25) is 0 Å². The molecule has 1 aliphatic carbocycles. The smallest absolute Gasteiger partial charge is 0.341 e. The van der Waals surface area contributed by atoms with Gasteiger partial charge in [0.2, 0.25) is 10.0 Å². The second-order valence-electron chi connectivity index (χ2n) is 7.94. The molecular formula is C26H25NO5S. The molecule has 0 aromatic heterocycles. The number of sulfonamides is 1. The zero-order valence-electron chi connectivity index (χ0n) is 18.0. The van der Waals surface area contributed by atoms with Crippen LogP contribution in [0.4, 0.5) is 0 Å². The summed E-state index contributed by atoms with van der Waals surface area (Å²) in [6.45, 7) is -0.404. The van der Waals surface area contributed by atoms with Crippen LogP contribution < -0.4 is 9.46 Å². The minimum atomic E-state index is -3.73. The van der Waals surface area contributed by atoms with Gasteiger partial charge in [0.05, 0.1) is 5.41 Å². The van der Waals surface area contributed by atoms with Gasteiger partial charge in [0.1, 0.15) is 5.75 Å². The second-order valence-corrected chi connectivity index (χ2v) is 9.50. The molecule has 0 fully saturated rings. The summed E-state index contributed by atoms with van der Waals surface area (Å²) in [6, 6.07) is 24.1. The Hall–Kier alpha value is -3.42. The molecule has 170 valence electrons. The standard InChI is InChI=1S/C26H25NO5S/c28-26(29)17-32-25-13-7-12-21-16-22(14-15-23(21)25)27-33(30,31)18-24(19-8-3-1-4-9-19)20-10-5-2-6-11-20/h1-13,18,22,27H,14-17H2,(H,28,29). The first kappa shape index (κ1) is 22.8. The van der Waals surface area contributed by atoms with Crippen LogP contribution in [0.3, 0.4) is 0 Å². The summed E-state index contributed by atoms with van der Waals surface area (Å²) in [5, 5.41) is 10.2. The van der Waals surface area contributed by atoms with Gasteiger partial charge in [-0.15, -0.1) is 0 Å². The van der Waals surface area contributed by atoms with Gasteiger partial charge in [-0.25, -0.2) is 17.9 Å². The molecule has 0 spiro atoms. The SMILES string of the molecule is O=C(O)COc1cccc2c1CCC(NS(=O)(=O)C=C(c1ccccc1)c1ccccc1)C2. The van der Waals surface area contributed by atoms with Crippen LogP contribution in [0.5, 0.6) is 5.75 Å². The van der Waals surface area contributed by atoms with Crippen molar-refractivity contribution in [1.29, 1.82) is 0 Å². The maximum Gasteiger partial charge on any atom is 0.341 e. The number of carbonyl (C=O) groups is 1. The Balaban J connectivity index is 1.56. The lowest BCUT2D eigenvalue weighted by Gasteiger charge is -2.26. The highest BCUT2D eigenvalue weighted by atomic mass is 32.2. The monoisotopic (exact) mass is 463 g/mol. The molecule has 1 unspecified atom stereocenters.